The third-order valence-corrected chi connectivity index (χ3v) is 6.17. The van der Waals surface area contributed by atoms with E-state index >= 15 is 0 Å². The van der Waals surface area contributed by atoms with Gasteiger partial charge in [0.05, 0.1) is 5.69 Å². The van der Waals surface area contributed by atoms with Crippen LogP contribution in [0.15, 0.2) is 96.4 Å². The Bertz CT molecular complexity index is 1390. The zero-order chi connectivity index (χ0) is 21.2. The Hall–Kier alpha value is -3.47. The van der Waals surface area contributed by atoms with Gasteiger partial charge < -0.3 is 5.32 Å². The van der Waals surface area contributed by atoms with E-state index in [0.717, 1.165) is 38.3 Å². The number of nitrogens with one attached hydrogen (secondary N) is 1. The summed E-state index contributed by atoms with van der Waals surface area (Å²) in [5.41, 5.74) is 4.21. The zero-order valence-corrected chi connectivity index (χ0v) is 18.0. The molecule has 0 spiro atoms. The maximum Gasteiger partial charge on any atom is 0.255 e. The van der Waals surface area contributed by atoms with Gasteiger partial charge in [0.25, 0.3) is 5.91 Å². The van der Waals surface area contributed by atoms with Gasteiger partial charge in [0.1, 0.15) is 5.01 Å². The molecule has 0 aliphatic heterocycles. The molecule has 150 valence electrons. The summed E-state index contributed by atoms with van der Waals surface area (Å²) in [6.45, 7) is 0. The van der Waals surface area contributed by atoms with Gasteiger partial charge in [-0.1, -0.05) is 66.2 Å². The van der Waals surface area contributed by atoms with Gasteiger partial charge in [0.2, 0.25) is 0 Å². The fraction of sp³-hybridized carbons (Fsp3) is 0. The van der Waals surface area contributed by atoms with Crippen molar-refractivity contribution in [3.8, 4) is 21.8 Å². The highest BCUT2D eigenvalue weighted by Crippen LogP contribution is 2.30. The Labute approximate surface area is 189 Å². The van der Waals surface area contributed by atoms with E-state index in [4.69, 9.17) is 16.6 Å². The van der Waals surface area contributed by atoms with E-state index in [1.54, 1.807) is 11.3 Å². The monoisotopic (exact) mass is 440 g/mol. The number of nitrogens with zero attached hydrogens (tertiary/aromatic N) is 1. The average molecular weight is 441 g/mol. The van der Waals surface area contributed by atoms with Gasteiger partial charge in [0, 0.05) is 32.8 Å². The number of thiazole rings is 1. The molecule has 0 aliphatic carbocycles. The number of carbonyl (C=O) groups excluding carboxylic acids is 1. The minimum absolute atomic E-state index is 0.136. The molecular weight excluding hydrogens is 424 g/mol. The van der Waals surface area contributed by atoms with Crippen LogP contribution in [0.4, 0.5) is 5.69 Å². The smallest absolute Gasteiger partial charge is 0.255 e. The summed E-state index contributed by atoms with van der Waals surface area (Å²) in [7, 11) is 0. The minimum atomic E-state index is -0.136. The van der Waals surface area contributed by atoms with E-state index in [1.807, 2.05) is 96.4 Å². The number of rotatable bonds is 4. The SMILES string of the molecule is O=C(Nc1cccc(-c2csc(-c3ccc(Cl)cc3)n2)c1)c1ccc2ccccc2c1. The van der Waals surface area contributed by atoms with Crippen molar-refractivity contribution in [1.82, 2.24) is 4.98 Å². The molecule has 1 heterocycles. The summed E-state index contributed by atoms with van der Waals surface area (Å²) in [6, 6.07) is 29.1. The van der Waals surface area contributed by atoms with Gasteiger partial charge in [-0.05, 0) is 47.2 Å². The average Bonchev–Trinajstić information content (AvgIpc) is 3.30. The molecule has 0 unspecified atom stereocenters. The molecule has 5 rings (SSSR count). The Kier molecular flexibility index (Phi) is 5.24. The molecule has 0 aliphatic rings. The van der Waals surface area contributed by atoms with Gasteiger partial charge in [-0.25, -0.2) is 4.98 Å². The zero-order valence-electron chi connectivity index (χ0n) is 16.4. The number of anilines is 1. The summed E-state index contributed by atoms with van der Waals surface area (Å²) >= 11 is 7.56. The minimum Gasteiger partial charge on any atom is -0.322 e. The summed E-state index contributed by atoms with van der Waals surface area (Å²) in [5, 5.41) is 8.81. The highest BCUT2D eigenvalue weighted by atomic mass is 35.5. The van der Waals surface area contributed by atoms with E-state index in [0.29, 0.717) is 10.6 Å². The quantitative estimate of drug-likeness (QED) is 0.313. The predicted molar refractivity (Wildman–Crippen MR) is 130 cm³/mol. The van der Waals surface area contributed by atoms with Crippen molar-refractivity contribution >= 4 is 45.3 Å². The third-order valence-electron chi connectivity index (χ3n) is 5.02. The first-order valence-electron chi connectivity index (χ1n) is 9.78. The standard InChI is InChI=1S/C26H17ClN2OS/c27-22-12-10-18(11-13-22)26-29-24(16-31-26)20-6-3-7-23(15-20)28-25(30)21-9-8-17-4-1-2-5-19(17)14-21/h1-16H,(H,28,30). The molecular formula is C26H17ClN2OS. The topological polar surface area (TPSA) is 42.0 Å². The molecule has 0 saturated heterocycles. The Morgan fingerprint density at radius 3 is 2.45 bits per heavy atom. The molecule has 3 nitrogen and oxygen atoms in total. The number of hydrogen-bond donors (Lipinski definition) is 1. The normalized spacial score (nSPS) is 10.9. The molecule has 0 radical (unpaired) electrons. The van der Waals surface area contributed by atoms with Crippen molar-refractivity contribution < 1.29 is 4.79 Å². The van der Waals surface area contributed by atoms with Gasteiger partial charge >= 0.3 is 0 Å². The van der Waals surface area contributed by atoms with Crippen LogP contribution in [0.1, 0.15) is 10.4 Å². The number of amides is 1. The molecule has 31 heavy (non-hydrogen) atoms. The largest absolute Gasteiger partial charge is 0.322 e. The molecule has 1 aromatic heterocycles. The van der Waals surface area contributed by atoms with Gasteiger partial charge in [-0.3, -0.25) is 4.79 Å². The Morgan fingerprint density at radius 1 is 0.806 bits per heavy atom. The Morgan fingerprint density at radius 2 is 1.61 bits per heavy atom. The summed E-state index contributed by atoms with van der Waals surface area (Å²) in [6.07, 6.45) is 0. The lowest BCUT2D eigenvalue weighted by atomic mass is 10.1. The van der Waals surface area contributed by atoms with Gasteiger partial charge in [-0.2, -0.15) is 0 Å². The van der Waals surface area contributed by atoms with Crippen LogP contribution in [-0.4, -0.2) is 10.9 Å². The van der Waals surface area contributed by atoms with Crippen LogP contribution >= 0.6 is 22.9 Å². The van der Waals surface area contributed by atoms with E-state index in [-0.39, 0.29) is 5.91 Å². The first-order chi connectivity index (χ1) is 15.2. The molecule has 0 atom stereocenters. The van der Waals surface area contributed by atoms with Gasteiger partial charge in [0.15, 0.2) is 0 Å². The van der Waals surface area contributed by atoms with Crippen LogP contribution < -0.4 is 5.32 Å². The highest BCUT2D eigenvalue weighted by molar-refractivity contribution is 7.13. The molecule has 4 aromatic carbocycles. The molecule has 1 N–H and O–H groups in total. The first kappa shape index (κ1) is 19.5. The summed E-state index contributed by atoms with van der Waals surface area (Å²) in [5.74, 6) is -0.136. The van der Waals surface area contributed by atoms with Crippen molar-refractivity contribution in [3.63, 3.8) is 0 Å². The van der Waals surface area contributed by atoms with Crippen LogP contribution in [0, 0.1) is 0 Å². The lowest BCUT2D eigenvalue weighted by Crippen LogP contribution is -2.11. The van der Waals surface area contributed by atoms with Gasteiger partial charge in [-0.15, -0.1) is 11.3 Å². The van der Waals surface area contributed by atoms with Crippen molar-refractivity contribution in [2.75, 3.05) is 5.32 Å². The molecule has 1 amide bonds. The molecule has 0 fully saturated rings. The fourth-order valence-electron chi connectivity index (χ4n) is 3.42. The van der Waals surface area contributed by atoms with E-state index in [2.05, 4.69) is 5.32 Å². The first-order valence-corrected chi connectivity index (χ1v) is 11.0. The molecule has 0 bridgehead atoms. The van der Waals surface area contributed by atoms with Crippen molar-refractivity contribution in [3.05, 3.63) is 107 Å². The number of carbonyl (C=O) groups is 1. The predicted octanol–water partition coefficient (Wildman–Crippen LogP) is 7.54. The van der Waals surface area contributed by atoms with Crippen molar-refractivity contribution in [2.45, 2.75) is 0 Å². The number of hydrogen-bond acceptors (Lipinski definition) is 3. The van der Waals surface area contributed by atoms with E-state index in [9.17, 15) is 4.79 Å². The summed E-state index contributed by atoms with van der Waals surface area (Å²) in [4.78, 5) is 17.5. The van der Waals surface area contributed by atoms with Crippen LogP contribution in [-0.2, 0) is 0 Å². The van der Waals surface area contributed by atoms with Crippen molar-refractivity contribution in [2.24, 2.45) is 0 Å². The van der Waals surface area contributed by atoms with Crippen LogP contribution in [0.3, 0.4) is 0 Å². The number of aromatic nitrogens is 1. The number of fused-ring (bicyclic) bond motifs is 1. The van der Waals surface area contributed by atoms with Crippen LogP contribution in [0.2, 0.25) is 5.02 Å². The summed E-state index contributed by atoms with van der Waals surface area (Å²) < 4.78 is 0. The highest BCUT2D eigenvalue weighted by Gasteiger charge is 2.10. The van der Waals surface area contributed by atoms with Crippen molar-refractivity contribution in [1.29, 1.82) is 0 Å². The van der Waals surface area contributed by atoms with E-state index < -0.39 is 0 Å². The molecule has 0 saturated carbocycles. The van der Waals surface area contributed by atoms with Crippen LogP contribution in [0.5, 0.6) is 0 Å². The lowest BCUT2D eigenvalue weighted by Gasteiger charge is -2.08. The number of halogens is 1. The fourth-order valence-corrected chi connectivity index (χ4v) is 4.38. The maximum atomic E-state index is 12.8. The second-order valence-electron chi connectivity index (χ2n) is 7.14. The molecule has 5 aromatic rings. The lowest BCUT2D eigenvalue weighted by molar-refractivity contribution is 0.102. The van der Waals surface area contributed by atoms with E-state index in [1.165, 1.54) is 0 Å². The second-order valence-corrected chi connectivity index (χ2v) is 8.44. The second kappa shape index (κ2) is 8.34. The maximum absolute atomic E-state index is 12.8. The Balaban J connectivity index is 1.37. The molecule has 5 heteroatoms. The number of benzene rings is 4. The van der Waals surface area contributed by atoms with Crippen LogP contribution in [0.25, 0.3) is 32.6 Å². The third kappa shape index (κ3) is 4.22.